The van der Waals surface area contributed by atoms with E-state index < -0.39 is 9.71 Å². The average molecular weight is 232 g/mol. The lowest BCUT2D eigenvalue weighted by Gasteiger charge is -2.29. The van der Waals surface area contributed by atoms with Gasteiger partial charge < -0.3 is 0 Å². The molecule has 0 heterocycles. The molecule has 0 radical (unpaired) electrons. The van der Waals surface area contributed by atoms with Crippen molar-refractivity contribution in [1.82, 2.24) is 0 Å². The Morgan fingerprint density at radius 1 is 1.27 bits per heavy atom. The Morgan fingerprint density at radius 2 is 1.91 bits per heavy atom. The Kier molecular flexibility index (Phi) is 3.16. The summed E-state index contributed by atoms with van der Waals surface area (Å²) in [6.45, 7) is 0. The fraction of sp³-hybridized carbons (Fsp3) is 0.429. The zero-order valence-corrected chi connectivity index (χ0v) is 8.50. The molecule has 0 nitrogen and oxygen atoms in total. The lowest BCUT2D eigenvalue weighted by Crippen LogP contribution is -2.37. The van der Waals surface area contributed by atoms with E-state index in [0.717, 1.165) is 0 Å². The summed E-state index contributed by atoms with van der Waals surface area (Å²) in [6, 6.07) is 0. The molecule has 0 aliphatic heterocycles. The maximum atomic E-state index is 6.03. The van der Waals surface area contributed by atoms with Gasteiger partial charge in [-0.25, -0.2) is 0 Å². The summed E-state index contributed by atoms with van der Waals surface area (Å²) < 4.78 is 0. The van der Waals surface area contributed by atoms with Gasteiger partial charge in [-0.05, 0) is 0 Å². The van der Waals surface area contributed by atoms with E-state index in [1.54, 1.807) is 18.2 Å². The first-order valence-electron chi connectivity index (χ1n) is 3.04. The van der Waals surface area contributed by atoms with Crippen molar-refractivity contribution >= 4 is 46.4 Å². The molecule has 0 N–H and O–H groups in total. The van der Waals surface area contributed by atoms with Crippen molar-refractivity contribution in [3.05, 3.63) is 24.3 Å². The second kappa shape index (κ2) is 3.57. The van der Waals surface area contributed by atoms with E-state index in [-0.39, 0.29) is 5.38 Å². The molecule has 1 aliphatic carbocycles. The van der Waals surface area contributed by atoms with Crippen LogP contribution >= 0.6 is 46.4 Å². The quantitative estimate of drug-likeness (QED) is 0.607. The summed E-state index contributed by atoms with van der Waals surface area (Å²) in [7, 11) is 0. The highest BCUT2D eigenvalue weighted by atomic mass is 35.5. The van der Waals surface area contributed by atoms with Crippen molar-refractivity contribution in [3.63, 3.8) is 0 Å². The molecule has 0 aromatic carbocycles. The smallest absolute Gasteiger partial charge is 0.116 e. The highest BCUT2D eigenvalue weighted by Crippen LogP contribution is 2.37. The average Bonchev–Trinajstić information content (AvgIpc) is 1.95. The van der Waals surface area contributed by atoms with Gasteiger partial charge in [-0.1, -0.05) is 24.3 Å². The van der Waals surface area contributed by atoms with Crippen molar-refractivity contribution < 1.29 is 0 Å². The van der Waals surface area contributed by atoms with E-state index in [4.69, 9.17) is 46.4 Å². The molecule has 0 saturated heterocycles. The fourth-order valence-corrected chi connectivity index (χ4v) is 1.77. The predicted octanol–water partition coefficient (Wildman–Crippen LogP) is 3.50. The van der Waals surface area contributed by atoms with Crippen LogP contribution in [0, 0.1) is 0 Å². The van der Waals surface area contributed by atoms with E-state index in [1.165, 1.54) is 0 Å². The lowest BCUT2D eigenvalue weighted by atomic mass is 10.0. The molecule has 0 aromatic rings. The molecule has 2 atom stereocenters. The maximum absolute atomic E-state index is 6.03. The molecule has 0 spiro atoms. The zero-order valence-electron chi connectivity index (χ0n) is 5.48. The number of alkyl halides is 4. The van der Waals surface area contributed by atoms with Crippen molar-refractivity contribution in [1.29, 1.82) is 0 Å². The first-order chi connectivity index (χ1) is 5.07. The number of hydrogen-bond acceptors (Lipinski definition) is 0. The van der Waals surface area contributed by atoms with Crippen LogP contribution < -0.4 is 0 Å². The van der Waals surface area contributed by atoms with Gasteiger partial charge in [0.25, 0.3) is 0 Å². The second-order valence-corrected chi connectivity index (χ2v) is 4.49. The van der Waals surface area contributed by atoms with Gasteiger partial charge in [0.1, 0.15) is 9.71 Å². The van der Waals surface area contributed by atoms with Crippen LogP contribution in [0.3, 0.4) is 0 Å². The van der Waals surface area contributed by atoms with Crippen LogP contribution in [-0.2, 0) is 0 Å². The molecule has 1 aliphatic rings. The minimum atomic E-state index is -0.862. The van der Waals surface area contributed by atoms with Crippen LogP contribution in [0.5, 0.6) is 0 Å². The van der Waals surface area contributed by atoms with Gasteiger partial charge in [0, 0.05) is 0 Å². The van der Waals surface area contributed by atoms with E-state index in [0.29, 0.717) is 0 Å². The molecule has 4 heteroatoms. The normalized spacial score (nSPS) is 36.6. The Morgan fingerprint density at radius 3 is 2.27 bits per heavy atom. The Hall–Kier alpha value is 0.640. The fourth-order valence-electron chi connectivity index (χ4n) is 0.797. The summed E-state index contributed by atoms with van der Waals surface area (Å²) in [5.74, 6) is 0. The highest BCUT2D eigenvalue weighted by molar-refractivity contribution is 6.51. The van der Waals surface area contributed by atoms with Crippen LogP contribution in [0.25, 0.3) is 0 Å². The third-order valence-corrected chi connectivity index (χ3v) is 3.64. The number of hydrogen-bond donors (Lipinski definition) is 0. The Balaban J connectivity index is 2.85. The topological polar surface area (TPSA) is 0 Å². The first-order valence-corrected chi connectivity index (χ1v) is 4.73. The molecule has 0 saturated carbocycles. The van der Waals surface area contributed by atoms with Crippen LogP contribution in [-0.4, -0.2) is 15.1 Å². The van der Waals surface area contributed by atoms with Crippen LogP contribution in [0.4, 0.5) is 0 Å². The van der Waals surface area contributed by atoms with Crippen LogP contribution in [0.1, 0.15) is 0 Å². The van der Waals surface area contributed by atoms with Gasteiger partial charge in [0.05, 0.1) is 5.38 Å². The van der Waals surface area contributed by atoms with Crippen molar-refractivity contribution in [2.45, 2.75) is 15.1 Å². The largest absolute Gasteiger partial charge is 0.132 e. The predicted molar refractivity (Wildman–Crippen MR) is 52.0 cm³/mol. The monoisotopic (exact) mass is 230 g/mol. The number of rotatable bonds is 1. The first kappa shape index (κ1) is 9.73. The molecule has 0 amide bonds. The summed E-state index contributed by atoms with van der Waals surface area (Å²) in [5, 5.41) is -0.353. The molecule has 1 rings (SSSR count). The van der Waals surface area contributed by atoms with Gasteiger partial charge in [-0.2, -0.15) is 0 Å². The highest BCUT2D eigenvalue weighted by Gasteiger charge is 2.39. The lowest BCUT2D eigenvalue weighted by molar-refractivity contribution is 0.764. The Labute approximate surface area is 85.8 Å². The van der Waals surface area contributed by atoms with Gasteiger partial charge in [-0.15, -0.1) is 46.4 Å². The van der Waals surface area contributed by atoms with Crippen molar-refractivity contribution in [2.24, 2.45) is 0 Å². The van der Waals surface area contributed by atoms with Gasteiger partial charge in [-0.3, -0.25) is 0 Å². The molecule has 2 unspecified atom stereocenters. The summed E-state index contributed by atoms with van der Waals surface area (Å²) in [4.78, 5) is -1.56. The van der Waals surface area contributed by atoms with Crippen molar-refractivity contribution in [2.75, 3.05) is 0 Å². The van der Waals surface area contributed by atoms with E-state index >= 15 is 0 Å². The van der Waals surface area contributed by atoms with E-state index in [2.05, 4.69) is 0 Å². The Bertz CT molecular complexity index is 197. The molecule has 0 fully saturated rings. The molecular formula is C7H6Cl4. The minimum Gasteiger partial charge on any atom is -0.116 e. The number of halogens is 4. The van der Waals surface area contributed by atoms with E-state index in [1.807, 2.05) is 6.08 Å². The maximum Gasteiger partial charge on any atom is 0.132 e. The third-order valence-electron chi connectivity index (χ3n) is 1.50. The zero-order chi connectivity index (χ0) is 8.48. The van der Waals surface area contributed by atoms with Crippen LogP contribution in [0.15, 0.2) is 24.3 Å². The van der Waals surface area contributed by atoms with Gasteiger partial charge >= 0.3 is 0 Å². The summed E-state index contributed by atoms with van der Waals surface area (Å²) in [5.41, 5.74) is 0. The SMILES string of the molecule is ClC(Cl)C1(Cl)C=CC=CC1Cl. The molecule has 62 valence electrons. The van der Waals surface area contributed by atoms with Crippen LogP contribution in [0.2, 0.25) is 0 Å². The molecule has 0 aromatic heterocycles. The molecule has 0 bridgehead atoms. The van der Waals surface area contributed by atoms with E-state index in [9.17, 15) is 0 Å². The minimum absolute atomic E-state index is 0.353. The molecule has 11 heavy (non-hydrogen) atoms. The molecular weight excluding hydrogens is 226 g/mol. The standard InChI is InChI=1S/C7H6Cl4/c8-5-3-1-2-4-7(5,11)6(9)10/h1-6H. The van der Waals surface area contributed by atoms with Gasteiger partial charge in [0.15, 0.2) is 0 Å². The summed E-state index contributed by atoms with van der Waals surface area (Å²) >= 11 is 23.2. The van der Waals surface area contributed by atoms with Gasteiger partial charge in [0.2, 0.25) is 0 Å². The summed E-state index contributed by atoms with van der Waals surface area (Å²) in [6.07, 6.45) is 7.06. The van der Waals surface area contributed by atoms with Crippen molar-refractivity contribution in [3.8, 4) is 0 Å². The number of allylic oxidation sites excluding steroid dienone is 4. The third kappa shape index (κ3) is 1.86. The second-order valence-electron chi connectivity index (χ2n) is 2.27.